The molecule has 0 saturated carbocycles. The van der Waals surface area contributed by atoms with E-state index in [-0.39, 0.29) is 5.95 Å². The molecule has 1 aliphatic rings. The SMILES string of the molecule is CO/C(O)=C1/CCC[N+]1=CC(C)c1ccccc1. The summed E-state index contributed by atoms with van der Waals surface area (Å²) >= 11 is 0. The maximum absolute atomic E-state index is 9.71. The van der Waals surface area contributed by atoms with Crippen molar-refractivity contribution in [1.29, 1.82) is 0 Å². The van der Waals surface area contributed by atoms with Gasteiger partial charge in [0.1, 0.15) is 6.54 Å². The molecule has 96 valence electrons. The molecule has 0 aliphatic carbocycles. The standard InChI is InChI=1S/C15H19NO2/c1-12(13-7-4-3-5-8-13)11-16-10-6-9-14(16)15(17)18-2/h3-5,7-8,11-12H,6,9-10H2,1-2H3/p+1/b15-14-,16-11?. The van der Waals surface area contributed by atoms with Crippen LogP contribution in [0.4, 0.5) is 0 Å². The van der Waals surface area contributed by atoms with Gasteiger partial charge in [0.15, 0.2) is 6.21 Å². The smallest absolute Gasteiger partial charge is 0.347 e. The Morgan fingerprint density at radius 3 is 2.78 bits per heavy atom. The summed E-state index contributed by atoms with van der Waals surface area (Å²) < 4.78 is 7.03. The number of aliphatic hydroxyl groups is 1. The highest BCUT2D eigenvalue weighted by molar-refractivity contribution is 5.63. The molecular weight excluding hydrogens is 226 g/mol. The second kappa shape index (κ2) is 5.71. The summed E-state index contributed by atoms with van der Waals surface area (Å²) in [6.07, 6.45) is 4.09. The number of methoxy groups -OCH3 is 1. The van der Waals surface area contributed by atoms with E-state index in [0.29, 0.717) is 5.92 Å². The zero-order chi connectivity index (χ0) is 13.0. The van der Waals surface area contributed by atoms with Crippen LogP contribution in [0.3, 0.4) is 0 Å². The van der Waals surface area contributed by atoms with E-state index in [1.54, 1.807) is 0 Å². The number of hydrogen-bond acceptors (Lipinski definition) is 2. The molecule has 1 heterocycles. The molecule has 0 amide bonds. The van der Waals surface area contributed by atoms with Crippen LogP contribution in [-0.4, -0.2) is 29.6 Å². The third-order valence-corrected chi connectivity index (χ3v) is 3.33. The molecule has 1 N–H and O–H groups in total. The fourth-order valence-corrected chi connectivity index (χ4v) is 2.32. The molecule has 1 unspecified atom stereocenters. The quantitative estimate of drug-likeness (QED) is 0.656. The number of allylic oxidation sites excluding steroid dienone is 1. The van der Waals surface area contributed by atoms with Gasteiger partial charge in [0.25, 0.3) is 5.70 Å². The van der Waals surface area contributed by atoms with Gasteiger partial charge in [-0.1, -0.05) is 30.3 Å². The highest BCUT2D eigenvalue weighted by atomic mass is 16.6. The van der Waals surface area contributed by atoms with Gasteiger partial charge in [-0.2, -0.15) is 4.58 Å². The van der Waals surface area contributed by atoms with Crippen LogP contribution in [0.25, 0.3) is 0 Å². The van der Waals surface area contributed by atoms with Crippen LogP contribution >= 0.6 is 0 Å². The van der Waals surface area contributed by atoms with Crippen molar-refractivity contribution in [1.82, 2.24) is 0 Å². The average Bonchev–Trinajstić information content (AvgIpc) is 2.87. The van der Waals surface area contributed by atoms with Crippen LogP contribution in [0.2, 0.25) is 0 Å². The Labute approximate surface area is 108 Å². The van der Waals surface area contributed by atoms with Gasteiger partial charge in [0, 0.05) is 12.8 Å². The monoisotopic (exact) mass is 246 g/mol. The Balaban J connectivity index is 2.23. The van der Waals surface area contributed by atoms with Crippen molar-refractivity contribution in [2.45, 2.75) is 25.7 Å². The van der Waals surface area contributed by atoms with Gasteiger partial charge in [0.2, 0.25) is 0 Å². The largest absolute Gasteiger partial charge is 0.476 e. The lowest BCUT2D eigenvalue weighted by Gasteiger charge is -2.05. The summed E-state index contributed by atoms with van der Waals surface area (Å²) in [4.78, 5) is 0. The first-order valence-corrected chi connectivity index (χ1v) is 6.35. The molecular formula is C15H20NO2+. The fraction of sp³-hybridized carbons (Fsp3) is 0.400. The number of nitrogens with zero attached hydrogens (tertiary/aromatic N) is 1. The lowest BCUT2D eigenvalue weighted by atomic mass is 10.0. The second-order valence-electron chi connectivity index (χ2n) is 4.60. The van der Waals surface area contributed by atoms with Gasteiger partial charge < -0.3 is 9.84 Å². The third-order valence-electron chi connectivity index (χ3n) is 3.33. The van der Waals surface area contributed by atoms with Gasteiger partial charge in [0.05, 0.1) is 13.0 Å². The molecule has 1 aromatic carbocycles. The zero-order valence-corrected chi connectivity index (χ0v) is 11.0. The topological polar surface area (TPSA) is 32.5 Å². The molecule has 1 aromatic rings. The third kappa shape index (κ3) is 2.73. The Morgan fingerprint density at radius 2 is 2.11 bits per heavy atom. The lowest BCUT2D eigenvalue weighted by molar-refractivity contribution is -0.461. The predicted molar refractivity (Wildman–Crippen MR) is 71.9 cm³/mol. The van der Waals surface area contributed by atoms with Crippen molar-refractivity contribution in [3.63, 3.8) is 0 Å². The number of hydrogen-bond donors (Lipinski definition) is 1. The predicted octanol–water partition coefficient (Wildman–Crippen LogP) is 3.04. The summed E-state index contributed by atoms with van der Waals surface area (Å²) in [5.74, 6) is 0.368. The van der Waals surface area contributed by atoms with Crippen LogP contribution in [0.15, 0.2) is 42.0 Å². The van der Waals surface area contributed by atoms with Crippen LogP contribution < -0.4 is 0 Å². The Bertz CT molecular complexity index is 463. The molecule has 3 nitrogen and oxygen atoms in total. The minimum Gasteiger partial charge on any atom is -0.476 e. The normalized spacial score (nSPS) is 22.0. The first-order chi connectivity index (χ1) is 8.72. The van der Waals surface area contributed by atoms with Gasteiger partial charge in [-0.25, -0.2) is 0 Å². The van der Waals surface area contributed by atoms with Crippen LogP contribution in [-0.2, 0) is 4.74 Å². The number of rotatable bonds is 3. The maximum atomic E-state index is 9.71. The lowest BCUT2D eigenvalue weighted by Crippen LogP contribution is -2.12. The summed E-state index contributed by atoms with van der Waals surface area (Å²) in [5.41, 5.74) is 2.17. The Kier molecular flexibility index (Phi) is 4.03. The van der Waals surface area contributed by atoms with E-state index < -0.39 is 0 Å². The molecule has 0 radical (unpaired) electrons. The number of benzene rings is 1. The molecule has 3 heteroatoms. The molecule has 1 atom stereocenters. The van der Waals surface area contributed by atoms with E-state index in [1.807, 2.05) is 18.2 Å². The van der Waals surface area contributed by atoms with E-state index in [1.165, 1.54) is 12.7 Å². The van der Waals surface area contributed by atoms with Crippen molar-refractivity contribution < 1.29 is 14.4 Å². The number of aliphatic hydroxyl groups excluding tert-OH is 1. The summed E-state index contributed by atoms with van der Waals surface area (Å²) in [6, 6.07) is 10.4. The van der Waals surface area contributed by atoms with E-state index in [4.69, 9.17) is 4.74 Å². The van der Waals surface area contributed by atoms with Crippen LogP contribution in [0.1, 0.15) is 31.2 Å². The molecule has 0 bridgehead atoms. The molecule has 2 rings (SSSR count). The van der Waals surface area contributed by atoms with Crippen molar-refractivity contribution in [2.24, 2.45) is 0 Å². The minimum absolute atomic E-state index is 0.0454. The first-order valence-electron chi connectivity index (χ1n) is 6.35. The van der Waals surface area contributed by atoms with Gasteiger partial charge in [-0.15, -0.1) is 0 Å². The van der Waals surface area contributed by atoms with Gasteiger partial charge >= 0.3 is 5.95 Å². The van der Waals surface area contributed by atoms with Crippen molar-refractivity contribution in [3.05, 3.63) is 47.5 Å². The Morgan fingerprint density at radius 1 is 1.39 bits per heavy atom. The van der Waals surface area contributed by atoms with Crippen molar-refractivity contribution in [3.8, 4) is 0 Å². The Hall–Kier alpha value is -1.77. The first kappa shape index (κ1) is 12.7. The molecule has 18 heavy (non-hydrogen) atoms. The van der Waals surface area contributed by atoms with E-state index >= 15 is 0 Å². The van der Waals surface area contributed by atoms with Gasteiger partial charge in [-0.05, 0) is 12.5 Å². The maximum Gasteiger partial charge on any atom is 0.347 e. The highest BCUT2D eigenvalue weighted by Gasteiger charge is 2.27. The molecule has 0 spiro atoms. The van der Waals surface area contributed by atoms with Crippen LogP contribution in [0.5, 0.6) is 0 Å². The molecule has 1 saturated heterocycles. The summed E-state index contributed by atoms with van der Waals surface area (Å²) in [7, 11) is 1.50. The van der Waals surface area contributed by atoms with E-state index in [0.717, 1.165) is 25.1 Å². The minimum atomic E-state index is 0.0454. The number of ether oxygens (including phenoxy) is 1. The summed E-state index contributed by atoms with van der Waals surface area (Å²) in [6.45, 7) is 3.11. The van der Waals surface area contributed by atoms with Crippen LogP contribution in [0, 0.1) is 0 Å². The van der Waals surface area contributed by atoms with Crippen molar-refractivity contribution >= 4 is 6.21 Å². The average molecular weight is 246 g/mol. The van der Waals surface area contributed by atoms with Gasteiger partial charge in [-0.3, -0.25) is 0 Å². The summed E-state index contributed by atoms with van der Waals surface area (Å²) in [5, 5.41) is 9.71. The molecule has 0 aromatic heterocycles. The van der Waals surface area contributed by atoms with E-state index in [2.05, 4.69) is 29.8 Å². The highest BCUT2D eigenvalue weighted by Crippen LogP contribution is 2.21. The molecule has 1 fully saturated rings. The second-order valence-corrected chi connectivity index (χ2v) is 4.60. The fourth-order valence-electron chi connectivity index (χ4n) is 2.32. The zero-order valence-electron chi connectivity index (χ0n) is 11.0. The molecule has 1 aliphatic heterocycles. The van der Waals surface area contributed by atoms with E-state index in [9.17, 15) is 5.11 Å². The van der Waals surface area contributed by atoms with Crippen molar-refractivity contribution in [2.75, 3.05) is 13.7 Å².